The number of carbonyl (C=O) groups excluding carboxylic acids is 1. The van der Waals surface area contributed by atoms with Gasteiger partial charge in [0.05, 0.1) is 6.61 Å². The van der Waals surface area contributed by atoms with Crippen molar-refractivity contribution in [1.29, 1.82) is 0 Å². The average molecular weight is 172 g/mol. The maximum absolute atomic E-state index is 10.2. The number of rotatable bonds is 0. The van der Waals surface area contributed by atoms with E-state index in [0.29, 0.717) is 13.0 Å². The molecular formula is C9H16O3. The minimum absolute atomic E-state index is 0.0359. The molecule has 2 aliphatic rings. The molecule has 2 rings (SSSR count). The van der Waals surface area contributed by atoms with Crippen LogP contribution in [0.15, 0.2) is 0 Å². The first-order valence-corrected chi connectivity index (χ1v) is 4.63. The van der Waals surface area contributed by atoms with Crippen LogP contribution in [0, 0.1) is 0 Å². The maximum Gasteiger partial charge on any atom is 0.305 e. The van der Waals surface area contributed by atoms with Crippen molar-refractivity contribution in [3.63, 3.8) is 0 Å². The third kappa shape index (κ3) is 4.34. The Morgan fingerprint density at radius 2 is 1.58 bits per heavy atom. The third-order valence-corrected chi connectivity index (χ3v) is 1.87. The minimum Gasteiger partial charge on any atom is -0.466 e. The zero-order valence-corrected chi connectivity index (χ0v) is 7.38. The lowest BCUT2D eigenvalue weighted by atomic mass is 10.2. The van der Waals surface area contributed by atoms with Gasteiger partial charge in [0.2, 0.25) is 0 Å². The number of hydrogen-bond acceptors (Lipinski definition) is 3. The maximum atomic E-state index is 10.2. The average Bonchev–Trinajstić information content (AvgIpc) is 2.62. The summed E-state index contributed by atoms with van der Waals surface area (Å²) in [5, 5.41) is 0. The van der Waals surface area contributed by atoms with Gasteiger partial charge >= 0.3 is 5.97 Å². The van der Waals surface area contributed by atoms with Crippen molar-refractivity contribution in [3.8, 4) is 0 Å². The van der Waals surface area contributed by atoms with Crippen LogP contribution >= 0.6 is 0 Å². The van der Waals surface area contributed by atoms with Crippen molar-refractivity contribution >= 4 is 5.97 Å². The van der Waals surface area contributed by atoms with Gasteiger partial charge in [-0.05, 0) is 25.7 Å². The number of ether oxygens (including phenoxy) is 2. The van der Waals surface area contributed by atoms with Crippen LogP contribution in [0.4, 0.5) is 0 Å². The quantitative estimate of drug-likeness (QED) is 0.519. The summed E-state index contributed by atoms with van der Waals surface area (Å²) in [6.07, 6.45) is 5.24. The Bertz CT molecular complexity index is 114. The van der Waals surface area contributed by atoms with E-state index in [-0.39, 0.29) is 5.97 Å². The van der Waals surface area contributed by atoms with Gasteiger partial charge in [0.15, 0.2) is 0 Å². The lowest BCUT2D eigenvalue weighted by molar-refractivity contribution is -0.146. The second-order valence-electron chi connectivity index (χ2n) is 3.00. The monoisotopic (exact) mass is 172 g/mol. The first kappa shape index (κ1) is 9.52. The lowest BCUT2D eigenvalue weighted by Gasteiger charge is -2.08. The fourth-order valence-corrected chi connectivity index (χ4v) is 1.14. The molecule has 0 aromatic rings. The van der Waals surface area contributed by atoms with Crippen LogP contribution in [-0.4, -0.2) is 25.8 Å². The van der Waals surface area contributed by atoms with Crippen molar-refractivity contribution in [1.82, 2.24) is 0 Å². The smallest absolute Gasteiger partial charge is 0.305 e. The summed E-state index contributed by atoms with van der Waals surface area (Å²) in [5.74, 6) is -0.0359. The van der Waals surface area contributed by atoms with Gasteiger partial charge in [-0.15, -0.1) is 0 Å². The molecule has 12 heavy (non-hydrogen) atoms. The van der Waals surface area contributed by atoms with E-state index in [9.17, 15) is 4.79 Å². The fraction of sp³-hybridized carbons (Fsp3) is 0.889. The van der Waals surface area contributed by atoms with Crippen molar-refractivity contribution in [3.05, 3.63) is 0 Å². The number of cyclic esters (lactones) is 1. The second-order valence-corrected chi connectivity index (χ2v) is 3.00. The normalized spacial score (nSPS) is 22.5. The van der Waals surface area contributed by atoms with E-state index < -0.39 is 0 Å². The number of hydrogen-bond donors (Lipinski definition) is 0. The summed E-state index contributed by atoms with van der Waals surface area (Å²) in [5.41, 5.74) is 0. The van der Waals surface area contributed by atoms with Crippen LogP contribution < -0.4 is 0 Å². The van der Waals surface area contributed by atoms with E-state index >= 15 is 0 Å². The molecule has 0 bridgehead atoms. The van der Waals surface area contributed by atoms with E-state index in [4.69, 9.17) is 4.74 Å². The Balaban J connectivity index is 0.000000127. The SMILES string of the molecule is C1CCOC1.O=C1CCCCO1. The molecular weight excluding hydrogens is 156 g/mol. The molecule has 0 aliphatic carbocycles. The van der Waals surface area contributed by atoms with Gasteiger partial charge in [0.1, 0.15) is 0 Å². The highest BCUT2D eigenvalue weighted by Gasteiger charge is 2.06. The molecule has 0 aromatic carbocycles. The van der Waals surface area contributed by atoms with Gasteiger partial charge in [-0.25, -0.2) is 0 Å². The molecule has 0 spiro atoms. The fourth-order valence-electron chi connectivity index (χ4n) is 1.14. The summed E-state index contributed by atoms with van der Waals surface area (Å²) >= 11 is 0. The predicted molar refractivity (Wildman–Crippen MR) is 44.9 cm³/mol. The Labute approximate surface area is 73.0 Å². The number of esters is 1. The van der Waals surface area contributed by atoms with E-state index in [1.54, 1.807) is 0 Å². The van der Waals surface area contributed by atoms with E-state index in [1.807, 2.05) is 0 Å². The summed E-state index contributed by atoms with van der Waals surface area (Å²) in [4.78, 5) is 10.2. The molecule has 2 fully saturated rings. The molecule has 3 nitrogen and oxygen atoms in total. The van der Waals surface area contributed by atoms with Crippen LogP contribution in [0.1, 0.15) is 32.1 Å². The minimum atomic E-state index is -0.0359. The van der Waals surface area contributed by atoms with Gasteiger partial charge in [0.25, 0.3) is 0 Å². The molecule has 70 valence electrons. The predicted octanol–water partition coefficient (Wildman–Crippen LogP) is 1.51. The Morgan fingerprint density at radius 1 is 0.917 bits per heavy atom. The summed E-state index contributed by atoms with van der Waals surface area (Å²) in [6.45, 7) is 2.64. The van der Waals surface area contributed by atoms with Crippen LogP contribution in [0.3, 0.4) is 0 Å². The molecule has 0 unspecified atom stereocenters. The zero-order chi connectivity index (χ0) is 8.65. The summed E-state index contributed by atoms with van der Waals surface area (Å²) in [6, 6.07) is 0. The Hall–Kier alpha value is -0.570. The van der Waals surface area contributed by atoms with Crippen molar-refractivity contribution in [2.24, 2.45) is 0 Å². The van der Waals surface area contributed by atoms with Crippen LogP contribution in [0.2, 0.25) is 0 Å². The molecule has 0 atom stereocenters. The largest absolute Gasteiger partial charge is 0.466 e. The molecule has 0 radical (unpaired) electrons. The molecule has 2 saturated heterocycles. The summed E-state index contributed by atoms with van der Waals surface area (Å²) in [7, 11) is 0. The third-order valence-electron chi connectivity index (χ3n) is 1.87. The Morgan fingerprint density at radius 3 is 1.83 bits per heavy atom. The highest BCUT2D eigenvalue weighted by atomic mass is 16.5. The van der Waals surface area contributed by atoms with Gasteiger partial charge in [-0.2, -0.15) is 0 Å². The van der Waals surface area contributed by atoms with E-state index in [1.165, 1.54) is 12.8 Å². The van der Waals surface area contributed by atoms with Crippen LogP contribution in [0.25, 0.3) is 0 Å². The molecule has 0 aromatic heterocycles. The first-order chi connectivity index (χ1) is 5.89. The van der Waals surface area contributed by atoms with E-state index in [2.05, 4.69) is 4.74 Å². The van der Waals surface area contributed by atoms with Gasteiger partial charge in [-0.3, -0.25) is 4.79 Å². The van der Waals surface area contributed by atoms with Gasteiger partial charge in [0, 0.05) is 19.6 Å². The second kappa shape index (κ2) is 6.00. The Kier molecular flexibility index (Phi) is 4.76. The highest BCUT2D eigenvalue weighted by molar-refractivity contribution is 5.69. The van der Waals surface area contributed by atoms with Gasteiger partial charge < -0.3 is 9.47 Å². The molecule has 0 amide bonds. The molecule has 2 heterocycles. The van der Waals surface area contributed by atoms with Crippen molar-refractivity contribution in [2.75, 3.05) is 19.8 Å². The zero-order valence-electron chi connectivity index (χ0n) is 7.38. The van der Waals surface area contributed by atoms with Crippen molar-refractivity contribution in [2.45, 2.75) is 32.1 Å². The van der Waals surface area contributed by atoms with Crippen LogP contribution in [0.5, 0.6) is 0 Å². The topological polar surface area (TPSA) is 35.5 Å². The standard InChI is InChI=1S/C5H8O2.C4H8O/c6-5-3-1-2-4-7-5;1-2-4-5-3-1/h1-4H2;1-4H2. The first-order valence-electron chi connectivity index (χ1n) is 4.63. The van der Waals surface area contributed by atoms with E-state index in [0.717, 1.165) is 26.1 Å². The summed E-state index contributed by atoms with van der Waals surface area (Å²) < 4.78 is 9.58. The van der Waals surface area contributed by atoms with Crippen molar-refractivity contribution < 1.29 is 14.3 Å². The number of carbonyl (C=O) groups is 1. The lowest BCUT2D eigenvalue weighted by Crippen LogP contribution is -2.10. The highest BCUT2D eigenvalue weighted by Crippen LogP contribution is 2.04. The molecule has 0 saturated carbocycles. The molecule has 3 heteroatoms. The van der Waals surface area contributed by atoms with Gasteiger partial charge in [-0.1, -0.05) is 0 Å². The van der Waals surface area contributed by atoms with Crippen LogP contribution in [-0.2, 0) is 14.3 Å². The molecule has 0 N–H and O–H groups in total. The molecule has 2 aliphatic heterocycles.